The number of nitrogens with two attached hydrogens (primary N) is 1. The largest absolute Gasteiger partial charge is 0.508 e. The Morgan fingerprint density at radius 1 is 1.06 bits per heavy atom. The molecule has 7 heteroatoms. The summed E-state index contributed by atoms with van der Waals surface area (Å²) in [6.45, 7) is 1.18. The van der Waals surface area contributed by atoms with Crippen molar-refractivity contribution in [2.45, 2.75) is 50.5 Å². The molecule has 2 heterocycles. The second-order valence-electron chi connectivity index (χ2n) is 8.84. The van der Waals surface area contributed by atoms with E-state index in [-0.39, 0.29) is 17.7 Å². The highest BCUT2D eigenvalue weighted by molar-refractivity contribution is 5.93. The van der Waals surface area contributed by atoms with Crippen molar-refractivity contribution >= 4 is 11.8 Å². The first kappa shape index (κ1) is 20.6. The van der Waals surface area contributed by atoms with Gasteiger partial charge in [-0.1, -0.05) is 30.3 Å². The molecule has 2 amide bonds. The minimum atomic E-state index is -0.479. The van der Waals surface area contributed by atoms with Gasteiger partial charge in [0.15, 0.2) is 6.17 Å². The van der Waals surface area contributed by atoms with Gasteiger partial charge in [0.25, 0.3) is 5.91 Å². The third-order valence-corrected chi connectivity index (χ3v) is 6.64. The smallest absolute Gasteiger partial charge is 0.264 e. The van der Waals surface area contributed by atoms with Crippen LogP contribution >= 0.6 is 0 Å². The van der Waals surface area contributed by atoms with Crippen LogP contribution < -0.4 is 5.73 Å². The van der Waals surface area contributed by atoms with E-state index in [0.29, 0.717) is 18.2 Å². The SMILES string of the molecule is NC(=O)c1cccc(CN2C=CN(C3CC3)C(N3CCCC3c3ccccc3O)C2=O)c1. The highest BCUT2D eigenvalue weighted by atomic mass is 16.3. The normalized spacial score (nSPS) is 23.7. The van der Waals surface area contributed by atoms with Crippen molar-refractivity contribution in [3.05, 3.63) is 77.6 Å². The molecule has 0 spiro atoms. The topological polar surface area (TPSA) is 90.1 Å². The van der Waals surface area contributed by atoms with E-state index in [0.717, 1.165) is 43.4 Å². The van der Waals surface area contributed by atoms with E-state index in [1.54, 1.807) is 29.2 Å². The van der Waals surface area contributed by atoms with E-state index in [4.69, 9.17) is 5.73 Å². The van der Waals surface area contributed by atoms with Crippen molar-refractivity contribution in [2.24, 2.45) is 5.73 Å². The van der Waals surface area contributed by atoms with Gasteiger partial charge in [0.05, 0.1) is 6.54 Å². The number of primary amides is 1. The summed E-state index contributed by atoms with van der Waals surface area (Å²) in [5.41, 5.74) is 7.59. The van der Waals surface area contributed by atoms with Crippen molar-refractivity contribution in [2.75, 3.05) is 6.54 Å². The molecule has 2 aliphatic heterocycles. The highest BCUT2D eigenvalue weighted by Gasteiger charge is 2.46. The molecule has 3 aliphatic rings. The fraction of sp³-hybridized carbons (Fsp3) is 0.360. The number of phenolic OH excluding ortho intramolecular Hbond substituents is 1. The number of para-hydroxylation sites is 1. The van der Waals surface area contributed by atoms with Crippen LogP contribution in [0.4, 0.5) is 0 Å². The molecule has 1 saturated carbocycles. The van der Waals surface area contributed by atoms with Gasteiger partial charge in [-0.3, -0.25) is 14.5 Å². The van der Waals surface area contributed by atoms with Crippen LogP contribution in [-0.2, 0) is 11.3 Å². The molecule has 2 unspecified atom stereocenters. The Bertz CT molecular complexity index is 1060. The zero-order valence-corrected chi connectivity index (χ0v) is 17.9. The number of amides is 2. The number of carbonyl (C=O) groups excluding carboxylic acids is 2. The molecule has 32 heavy (non-hydrogen) atoms. The molecular weight excluding hydrogens is 404 g/mol. The molecular formula is C25H28N4O3. The lowest BCUT2D eigenvalue weighted by Crippen LogP contribution is -2.57. The molecule has 166 valence electrons. The Morgan fingerprint density at radius 2 is 1.88 bits per heavy atom. The second kappa shape index (κ2) is 8.31. The summed E-state index contributed by atoms with van der Waals surface area (Å²) >= 11 is 0. The van der Waals surface area contributed by atoms with Gasteiger partial charge in [0.1, 0.15) is 5.75 Å². The van der Waals surface area contributed by atoms with Crippen LogP contribution in [0.25, 0.3) is 0 Å². The molecule has 5 rings (SSSR count). The van der Waals surface area contributed by atoms with Gasteiger partial charge >= 0.3 is 0 Å². The molecule has 3 N–H and O–H groups in total. The number of likely N-dealkylation sites (tertiary alicyclic amines) is 1. The average Bonchev–Trinajstić information content (AvgIpc) is 3.53. The van der Waals surface area contributed by atoms with E-state index < -0.39 is 12.1 Å². The van der Waals surface area contributed by atoms with Crippen molar-refractivity contribution in [1.82, 2.24) is 14.7 Å². The van der Waals surface area contributed by atoms with Crippen LogP contribution in [0.15, 0.2) is 60.9 Å². The van der Waals surface area contributed by atoms with Crippen LogP contribution in [-0.4, -0.2) is 50.4 Å². The standard InChI is InChI=1S/C25H28N4O3/c26-23(31)18-6-3-5-17(15-18)16-27-13-14-28(19-10-11-19)24(25(27)32)29-12-4-8-21(29)20-7-1-2-9-22(20)30/h1-3,5-7,9,13-15,19,21,24,30H,4,8,10-12,16H2,(H2,26,31). The van der Waals surface area contributed by atoms with Crippen LogP contribution in [0.1, 0.15) is 53.2 Å². The Kier molecular flexibility index (Phi) is 5.35. The average molecular weight is 433 g/mol. The van der Waals surface area contributed by atoms with Crippen molar-refractivity contribution < 1.29 is 14.7 Å². The first-order valence-corrected chi connectivity index (χ1v) is 11.2. The van der Waals surface area contributed by atoms with Crippen molar-refractivity contribution in [3.63, 3.8) is 0 Å². The van der Waals surface area contributed by atoms with Gasteiger partial charge in [-0.15, -0.1) is 0 Å². The summed E-state index contributed by atoms with van der Waals surface area (Å²) < 4.78 is 0. The summed E-state index contributed by atoms with van der Waals surface area (Å²) in [5.74, 6) is -0.180. The van der Waals surface area contributed by atoms with Crippen LogP contribution in [0.5, 0.6) is 5.75 Å². The first-order valence-electron chi connectivity index (χ1n) is 11.2. The number of hydrogen-bond acceptors (Lipinski definition) is 5. The lowest BCUT2D eigenvalue weighted by atomic mass is 10.0. The Hall–Kier alpha value is -3.32. The van der Waals surface area contributed by atoms with Gasteiger partial charge in [0.2, 0.25) is 5.91 Å². The molecule has 2 fully saturated rings. The fourth-order valence-electron chi connectivity index (χ4n) is 4.93. The van der Waals surface area contributed by atoms with Crippen LogP contribution in [0, 0.1) is 0 Å². The predicted octanol–water partition coefficient (Wildman–Crippen LogP) is 2.93. The number of rotatable bonds is 6. The number of hydrogen-bond donors (Lipinski definition) is 2. The van der Waals surface area contributed by atoms with Gasteiger partial charge < -0.3 is 20.6 Å². The van der Waals surface area contributed by atoms with Gasteiger partial charge in [-0.05, 0) is 49.4 Å². The molecule has 7 nitrogen and oxygen atoms in total. The molecule has 0 aromatic heterocycles. The fourth-order valence-corrected chi connectivity index (χ4v) is 4.93. The van der Waals surface area contributed by atoms with E-state index in [1.165, 1.54) is 0 Å². The zero-order chi connectivity index (χ0) is 22.2. The maximum absolute atomic E-state index is 13.8. The summed E-state index contributed by atoms with van der Waals surface area (Å²) in [4.78, 5) is 31.5. The maximum atomic E-state index is 13.8. The lowest BCUT2D eigenvalue weighted by molar-refractivity contribution is -0.144. The van der Waals surface area contributed by atoms with E-state index in [9.17, 15) is 14.7 Å². The molecule has 1 aliphatic carbocycles. The molecule has 1 saturated heterocycles. The molecule has 0 radical (unpaired) electrons. The van der Waals surface area contributed by atoms with E-state index in [2.05, 4.69) is 9.80 Å². The van der Waals surface area contributed by atoms with Crippen molar-refractivity contribution in [1.29, 1.82) is 0 Å². The van der Waals surface area contributed by atoms with Gasteiger partial charge in [0, 0.05) is 42.2 Å². The Labute approximate surface area is 187 Å². The second-order valence-corrected chi connectivity index (χ2v) is 8.84. The molecule has 0 bridgehead atoms. The Balaban J connectivity index is 1.44. The quantitative estimate of drug-likeness (QED) is 0.733. The number of carbonyl (C=O) groups is 2. The van der Waals surface area contributed by atoms with E-state index in [1.807, 2.05) is 36.7 Å². The molecule has 2 aromatic carbocycles. The van der Waals surface area contributed by atoms with Crippen LogP contribution in [0.3, 0.4) is 0 Å². The number of phenols is 1. The lowest BCUT2D eigenvalue weighted by Gasteiger charge is -2.44. The first-order chi connectivity index (χ1) is 15.5. The van der Waals surface area contributed by atoms with Crippen LogP contribution in [0.2, 0.25) is 0 Å². The minimum Gasteiger partial charge on any atom is -0.508 e. The third kappa shape index (κ3) is 3.84. The summed E-state index contributed by atoms with van der Waals surface area (Å²) in [7, 11) is 0. The summed E-state index contributed by atoms with van der Waals surface area (Å²) in [5, 5.41) is 10.5. The minimum absolute atomic E-state index is 0.00191. The monoisotopic (exact) mass is 432 g/mol. The Morgan fingerprint density at radius 3 is 2.62 bits per heavy atom. The predicted molar refractivity (Wildman–Crippen MR) is 120 cm³/mol. The molecule has 2 aromatic rings. The van der Waals surface area contributed by atoms with Gasteiger partial charge in [-0.25, -0.2) is 0 Å². The van der Waals surface area contributed by atoms with E-state index >= 15 is 0 Å². The number of aromatic hydroxyl groups is 1. The zero-order valence-electron chi connectivity index (χ0n) is 17.9. The van der Waals surface area contributed by atoms with Crippen molar-refractivity contribution in [3.8, 4) is 5.75 Å². The van der Waals surface area contributed by atoms with Gasteiger partial charge in [-0.2, -0.15) is 0 Å². The maximum Gasteiger partial charge on any atom is 0.264 e. The molecule has 2 atom stereocenters. The number of nitrogens with zero attached hydrogens (tertiary/aromatic N) is 3. The third-order valence-electron chi connectivity index (χ3n) is 6.64. The summed E-state index contributed by atoms with van der Waals surface area (Å²) in [6, 6.07) is 14.9. The summed E-state index contributed by atoms with van der Waals surface area (Å²) in [6.07, 6.45) is 7.53. The highest BCUT2D eigenvalue weighted by Crippen LogP contribution is 2.41. The number of benzene rings is 2.